The zero-order valence-electron chi connectivity index (χ0n) is 38.1. The molecule has 6 rings (SSSR count). The highest BCUT2D eigenvalue weighted by Gasteiger charge is 2.49. The van der Waals surface area contributed by atoms with E-state index in [9.17, 15) is 14.4 Å². The van der Waals surface area contributed by atoms with Crippen LogP contribution in [-0.4, -0.2) is 59.9 Å². The second-order valence-electron chi connectivity index (χ2n) is 19.3. The van der Waals surface area contributed by atoms with Crippen molar-refractivity contribution in [3.05, 3.63) is 63.1 Å². The van der Waals surface area contributed by atoms with E-state index in [1.165, 1.54) is 69.3 Å². The molecule has 7 atom stereocenters. The quantitative estimate of drug-likeness (QED) is 0.0588. The van der Waals surface area contributed by atoms with Crippen molar-refractivity contribution < 1.29 is 37.8 Å². The Kier molecular flexibility index (Phi) is 16.8. The minimum absolute atomic E-state index is 0.0636. The summed E-state index contributed by atoms with van der Waals surface area (Å²) < 4.78 is 34.5. The molecule has 0 aliphatic heterocycles. The summed E-state index contributed by atoms with van der Waals surface area (Å²) in [5, 5.41) is 3.21. The molecule has 11 nitrogen and oxygen atoms in total. The van der Waals surface area contributed by atoms with E-state index in [-0.39, 0.29) is 48.1 Å². The number of allylic oxidation sites excluding steroid dienone is 1. The highest BCUT2D eigenvalue weighted by atomic mass is 79.9. The molecule has 3 unspecified atom stereocenters. The fraction of sp³-hybridized carbons (Fsp3) is 0.633. The van der Waals surface area contributed by atoms with E-state index in [0.717, 1.165) is 53.8 Å². The van der Waals surface area contributed by atoms with Crippen molar-refractivity contribution in [3.63, 3.8) is 0 Å². The Balaban J connectivity index is 0.924. The number of aryl methyl sites for hydroxylation is 1. The predicted octanol–water partition coefficient (Wildman–Crippen LogP) is 11.8. The van der Waals surface area contributed by atoms with E-state index in [4.69, 9.17) is 30.6 Å². The predicted molar refractivity (Wildman–Crippen MR) is 248 cm³/mol. The molecule has 2 aromatic carbocycles. The van der Waals surface area contributed by atoms with Crippen molar-refractivity contribution in [1.82, 2.24) is 15.0 Å². The number of carbonyl (C=O) groups excluding carboxylic acids is 3. The van der Waals surface area contributed by atoms with Crippen molar-refractivity contribution in [1.29, 1.82) is 0 Å². The van der Waals surface area contributed by atoms with Gasteiger partial charge in [-0.05, 0) is 116 Å². The van der Waals surface area contributed by atoms with E-state index in [2.05, 4.69) is 79.3 Å². The van der Waals surface area contributed by atoms with Gasteiger partial charge in [0.2, 0.25) is 0 Å². The summed E-state index contributed by atoms with van der Waals surface area (Å²) >= 11 is 9.71. The van der Waals surface area contributed by atoms with Gasteiger partial charge in [0.15, 0.2) is 5.82 Å². The standard InChI is InChI=1S/C49H67BrClFN4O7/c1-30(2)10-8-11-31(3)38-16-14-33-12-9-13-34-24-36(19-21-48(34,5)32(4)18-20-49(33,38)6)63-43(58)28-60-27-42(57)61-22-23-62-55-47(59)37-26-41-46(53-29-56(41)7)44(52)45(37)54-40-17-15-35(50)25-39(40)51/h13,15,17,25-26,29-33,36,38,54H,8-12,14,16,18-24,27-28H2,1-7H3,(H,55,59)/b34-13-/t31-,32?,33?,36+,38?,48-,49+/m1/s1. The van der Waals surface area contributed by atoms with Crippen LogP contribution in [0.5, 0.6) is 0 Å². The zero-order valence-corrected chi connectivity index (χ0v) is 40.5. The number of imidazole rings is 1. The van der Waals surface area contributed by atoms with Gasteiger partial charge in [-0.2, -0.15) is 0 Å². The van der Waals surface area contributed by atoms with Crippen molar-refractivity contribution in [2.45, 2.75) is 125 Å². The molecular weight excluding hydrogens is 891 g/mol. The first-order valence-electron chi connectivity index (χ1n) is 22.9. The number of nitrogens with zero attached hydrogens (tertiary/aromatic N) is 2. The molecule has 2 saturated carbocycles. The summed E-state index contributed by atoms with van der Waals surface area (Å²) in [5.41, 5.74) is 4.81. The Morgan fingerprint density at radius 2 is 1.79 bits per heavy atom. The Morgan fingerprint density at radius 3 is 2.56 bits per heavy atom. The summed E-state index contributed by atoms with van der Waals surface area (Å²) in [6, 6.07) is 6.49. The van der Waals surface area contributed by atoms with E-state index in [1.807, 2.05) is 0 Å². The summed E-state index contributed by atoms with van der Waals surface area (Å²) in [6.45, 7) is 13.4. The van der Waals surface area contributed by atoms with Crippen molar-refractivity contribution in [2.24, 2.45) is 47.5 Å². The number of hydrogen-bond donors (Lipinski definition) is 2. The summed E-state index contributed by atoms with van der Waals surface area (Å²) in [5.74, 6) is 0.932. The topological polar surface area (TPSA) is 130 Å². The van der Waals surface area contributed by atoms with Gasteiger partial charge in [0.05, 0.1) is 33.8 Å². The summed E-state index contributed by atoms with van der Waals surface area (Å²) in [4.78, 5) is 47.9. The van der Waals surface area contributed by atoms with Gasteiger partial charge in [0.25, 0.3) is 5.91 Å². The number of carbonyl (C=O) groups is 3. The van der Waals surface area contributed by atoms with E-state index in [0.29, 0.717) is 27.6 Å². The largest absolute Gasteiger partial charge is 0.461 e. The second-order valence-corrected chi connectivity index (χ2v) is 20.6. The van der Waals surface area contributed by atoms with Crippen LogP contribution >= 0.6 is 27.5 Å². The summed E-state index contributed by atoms with van der Waals surface area (Å²) in [7, 11) is 1.68. The number of nitrogens with one attached hydrogen (secondary N) is 2. The minimum Gasteiger partial charge on any atom is -0.461 e. The average molecular weight is 958 g/mol. The van der Waals surface area contributed by atoms with Crippen LogP contribution in [0.4, 0.5) is 15.8 Å². The number of rotatable bonds is 17. The number of amides is 1. The van der Waals surface area contributed by atoms with Gasteiger partial charge in [0.1, 0.15) is 38.0 Å². The molecule has 3 aromatic rings. The number of hydroxylamine groups is 1. The number of fused-ring (bicyclic) bond motifs is 3. The highest BCUT2D eigenvalue weighted by molar-refractivity contribution is 9.10. The fourth-order valence-corrected chi connectivity index (χ4v) is 11.5. The Bertz CT molecular complexity index is 2130. The normalized spacial score (nSPS) is 26.3. The number of anilines is 2. The minimum atomic E-state index is -0.752. The molecule has 346 valence electrons. The van der Waals surface area contributed by atoms with Crippen LogP contribution in [0.25, 0.3) is 11.0 Å². The van der Waals surface area contributed by atoms with Gasteiger partial charge in [-0.15, -0.1) is 0 Å². The SMILES string of the molecule is CC(C)CCC[C@@H](C)C1CCC2CC/C=C3/C[C@@H](OC(=O)COCC(=O)OCCONC(=O)c4cc5c(ncn5C)c(F)c4Nc4ccc(Br)cc4Cl)CC[C@]3(C)C(C)CC[C@@]21C. The zero-order chi connectivity index (χ0) is 45.5. The number of ether oxygens (including phenoxy) is 3. The number of aromatic nitrogens is 2. The van der Waals surface area contributed by atoms with Gasteiger partial charge in [-0.1, -0.05) is 100.0 Å². The smallest absolute Gasteiger partial charge is 0.332 e. The third-order valence-corrected chi connectivity index (χ3v) is 15.6. The molecule has 3 aliphatic rings. The van der Waals surface area contributed by atoms with Crippen LogP contribution < -0.4 is 10.8 Å². The third kappa shape index (κ3) is 11.8. The Hall–Kier alpha value is -3.52. The number of esters is 2. The van der Waals surface area contributed by atoms with Gasteiger partial charge >= 0.3 is 11.9 Å². The molecule has 1 amide bonds. The van der Waals surface area contributed by atoms with Gasteiger partial charge in [-0.3, -0.25) is 9.63 Å². The van der Waals surface area contributed by atoms with E-state index in [1.54, 1.807) is 29.8 Å². The molecule has 0 saturated heterocycles. The highest BCUT2D eigenvalue weighted by Crippen LogP contribution is 2.58. The average Bonchev–Trinajstić information content (AvgIpc) is 3.77. The molecule has 2 fully saturated rings. The van der Waals surface area contributed by atoms with Crippen molar-refractivity contribution in [2.75, 3.05) is 31.7 Å². The molecule has 2 N–H and O–H groups in total. The molecule has 1 heterocycles. The Labute approximate surface area is 386 Å². The second kappa shape index (κ2) is 21.6. The molecule has 0 spiro atoms. The van der Waals surface area contributed by atoms with Gasteiger partial charge in [-0.25, -0.2) is 24.4 Å². The molecule has 1 aromatic heterocycles. The van der Waals surface area contributed by atoms with Crippen LogP contribution in [0.1, 0.15) is 129 Å². The first-order valence-corrected chi connectivity index (χ1v) is 24.1. The molecule has 3 aliphatic carbocycles. The number of halogens is 3. The fourth-order valence-electron chi connectivity index (χ4n) is 10.8. The van der Waals surface area contributed by atoms with Crippen LogP contribution in [-0.2, 0) is 35.7 Å². The first kappa shape index (κ1) is 48.9. The number of benzene rings is 2. The molecule has 14 heteroatoms. The van der Waals surface area contributed by atoms with Crippen molar-refractivity contribution >= 4 is 67.8 Å². The molecule has 63 heavy (non-hydrogen) atoms. The Morgan fingerprint density at radius 1 is 1.02 bits per heavy atom. The number of hydrogen-bond acceptors (Lipinski definition) is 9. The van der Waals surface area contributed by atoms with E-state index >= 15 is 4.39 Å². The van der Waals surface area contributed by atoms with Gasteiger partial charge < -0.3 is 24.1 Å². The molecular formula is C49H67BrClFN4O7. The summed E-state index contributed by atoms with van der Waals surface area (Å²) in [6.07, 6.45) is 17.7. The lowest BCUT2D eigenvalue weighted by atomic mass is 9.58. The maximum absolute atomic E-state index is 15.7. The van der Waals surface area contributed by atoms with Crippen LogP contribution in [0.15, 0.2) is 46.7 Å². The lowest BCUT2D eigenvalue weighted by Crippen LogP contribution is -2.39. The van der Waals surface area contributed by atoms with Crippen LogP contribution in [0.3, 0.4) is 0 Å². The first-order chi connectivity index (χ1) is 30.0. The monoisotopic (exact) mass is 956 g/mol. The maximum atomic E-state index is 15.7. The van der Waals surface area contributed by atoms with Crippen LogP contribution in [0.2, 0.25) is 5.02 Å². The van der Waals surface area contributed by atoms with Gasteiger partial charge in [0, 0.05) is 17.9 Å². The molecule has 0 radical (unpaired) electrons. The third-order valence-electron chi connectivity index (χ3n) is 14.8. The lowest BCUT2D eigenvalue weighted by Gasteiger charge is -2.47. The van der Waals surface area contributed by atoms with Crippen molar-refractivity contribution in [3.8, 4) is 0 Å². The maximum Gasteiger partial charge on any atom is 0.332 e. The van der Waals surface area contributed by atoms with Crippen LogP contribution in [0, 0.1) is 46.2 Å². The molecule has 0 bridgehead atoms. The lowest BCUT2D eigenvalue weighted by molar-refractivity contribution is -0.160. The van der Waals surface area contributed by atoms with E-state index < -0.39 is 30.3 Å².